The van der Waals surface area contributed by atoms with Gasteiger partial charge in [0.05, 0.1) is 5.75 Å². The van der Waals surface area contributed by atoms with Gasteiger partial charge in [-0.15, -0.1) is 0 Å². The van der Waals surface area contributed by atoms with Gasteiger partial charge in [-0.25, -0.2) is 8.42 Å². The van der Waals surface area contributed by atoms with Crippen LogP contribution in [0.4, 0.5) is 0 Å². The maximum atomic E-state index is 11.4. The Kier molecular flexibility index (Phi) is 5.16. The third-order valence-electron chi connectivity index (χ3n) is 2.84. The minimum atomic E-state index is -2.97. The van der Waals surface area contributed by atoms with Gasteiger partial charge in [-0.1, -0.05) is 19.1 Å². The van der Waals surface area contributed by atoms with Crippen LogP contribution in [0.2, 0.25) is 0 Å². The average Bonchev–Trinajstić information content (AvgIpc) is 2.32. The maximum absolute atomic E-state index is 11.4. The maximum Gasteiger partial charge on any atom is 0.153 e. The molecule has 2 N–H and O–H groups in total. The van der Waals surface area contributed by atoms with Gasteiger partial charge in [0, 0.05) is 12.3 Å². The van der Waals surface area contributed by atoms with E-state index in [0.717, 1.165) is 22.4 Å². The minimum Gasteiger partial charge on any atom is -0.492 e. The summed E-state index contributed by atoms with van der Waals surface area (Å²) in [5.41, 5.74) is 8.63. The molecule has 1 aromatic rings. The number of ether oxygens (including phenoxy) is 1. The molecular formula is C13H21NO3S. The number of sulfone groups is 1. The quantitative estimate of drug-likeness (QED) is 0.852. The molecule has 0 aliphatic heterocycles. The molecule has 102 valence electrons. The fraction of sp³-hybridized carbons (Fsp3) is 0.538. The lowest BCUT2D eigenvalue weighted by Gasteiger charge is -2.13. The van der Waals surface area contributed by atoms with Crippen molar-refractivity contribution in [2.24, 2.45) is 5.73 Å². The van der Waals surface area contributed by atoms with Crippen LogP contribution < -0.4 is 10.5 Å². The molecule has 4 nitrogen and oxygen atoms in total. The van der Waals surface area contributed by atoms with Crippen LogP contribution in [0.25, 0.3) is 0 Å². The van der Waals surface area contributed by atoms with Gasteiger partial charge in [0.2, 0.25) is 0 Å². The molecule has 0 spiro atoms. The first-order chi connectivity index (χ1) is 8.39. The van der Waals surface area contributed by atoms with Crippen LogP contribution in [0, 0.1) is 13.8 Å². The Morgan fingerprint density at radius 2 is 1.78 bits per heavy atom. The smallest absolute Gasteiger partial charge is 0.153 e. The fourth-order valence-corrected chi connectivity index (χ4v) is 2.43. The topological polar surface area (TPSA) is 69.4 Å². The van der Waals surface area contributed by atoms with Crippen molar-refractivity contribution in [3.05, 3.63) is 28.8 Å². The van der Waals surface area contributed by atoms with Crippen LogP contribution in [0.1, 0.15) is 23.6 Å². The molecule has 0 bridgehead atoms. The molecule has 0 atom stereocenters. The monoisotopic (exact) mass is 271 g/mol. The zero-order chi connectivity index (χ0) is 13.8. The normalized spacial score (nSPS) is 11.6. The lowest BCUT2D eigenvalue weighted by Crippen LogP contribution is -2.16. The lowest BCUT2D eigenvalue weighted by atomic mass is 10.1. The van der Waals surface area contributed by atoms with Gasteiger partial charge in [0.25, 0.3) is 0 Å². The van der Waals surface area contributed by atoms with E-state index in [1.54, 1.807) is 6.92 Å². The van der Waals surface area contributed by atoms with Crippen LogP contribution in [0.5, 0.6) is 5.75 Å². The summed E-state index contributed by atoms with van der Waals surface area (Å²) in [5.74, 6) is 0.972. The van der Waals surface area contributed by atoms with E-state index in [0.29, 0.717) is 6.54 Å². The Hall–Kier alpha value is -1.07. The molecule has 5 heteroatoms. The van der Waals surface area contributed by atoms with Gasteiger partial charge in [0.1, 0.15) is 12.4 Å². The minimum absolute atomic E-state index is 0.0566. The van der Waals surface area contributed by atoms with Crippen LogP contribution in [-0.2, 0) is 16.4 Å². The first-order valence-corrected chi connectivity index (χ1v) is 7.85. The second-order valence-corrected chi connectivity index (χ2v) is 6.82. The van der Waals surface area contributed by atoms with E-state index in [1.807, 2.05) is 26.0 Å². The van der Waals surface area contributed by atoms with Gasteiger partial charge in [-0.2, -0.15) is 0 Å². The van der Waals surface area contributed by atoms with E-state index < -0.39 is 9.84 Å². The van der Waals surface area contributed by atoms with E-state index in [2.05, 4.69) is 0 Å². The molecule has 0 amide bonds. The van der Waals surface area contributed by atoms with E-state index in [4.69, 9.17) is 10.5 Å². The van der Waals surface area contributed by atoms with Gasteiger partial charge >= 0.3 is 0 Å². The average molecular weight is 271 g/mol. The molecule has 0 unspecified atom stereocenters. The second kappa shape index (κ2) is 6.20. The van der Waals surface area contributed by atoms with E-state index in [-0.39, 0.29) is 18.1 Å². The SMILES string of the molecule is CCS(=O)(=O)CCOc1c(C)cc(CN)cc1C. The summed E-state index contributed by atoms with van der Waals surface area (Å²) in [6, 6.07) is 3.94. The van der Waals surface area contributed by atoms with Crippen molar-refractivity contribution in [1.29, 1.82) is 0 Å². The van der Waals surface area contributed by atoms with Crippen molar-refractivity contribution in [2.75, 3.05) is 18.1 Å². The van der Waals surface area contributed by atoms with Crippen molar-refractivity contribution < 1.29 is 13.2 Å². The molecule has 0 fully saturated rings. The van der Waals surface area contributed by atoms with Crippen molar-refractivity contribution in [3.63, 3.8) is 0 Å². The van der Waals surface area contributed by atoms with Crippen LogP contribution in [-0.4, -0.2) is 26.5 Å². The lowest BCUT2D eigenvalue weighted by molar-refractivity contribution is 0.336. The van der Waals surface area contributed by atoms with Crippen LogP contribution in [0.3, 0.4) is 0 Å². The Morgan fingerprint density at radius 3 is 2.22 bits per heavy atom. The molecule has 0 saturated heterocycles. The van der Waals surface area contributed by atoms with Gasteiger partial charge in [-0.3, -0.25) is 0 Å². The Labute approximate surface area is 109 Å². The Morgan fingerprint density at radius 1 is 1.22 bits per heavy atom. The van der Waals surface area contributed by atoms with Gasteiger partial charge in [0.15, 0.2) is 9.84 Å². The highest BCUT2D eigenvalue weighted by atomic mass is 32.2. The zero-order valence-electron chi connectivity index (χ0n) is 11.2. The summed E-state index contributed by atoms with van der Waals surface area (Å²) >= 11 is 0. The van der Waals surface area contributed by atoms with Crippen molar-refractivity contribution in [1.82, 2.24) is 0 Å². The number of rotatable bonds is 6. The summed E-state index contributed by atoms with van der Waals surface area (Å²) in [4.78, 5) is 0. The van der Waals surface area contributed by atoms with Crippen molar-refractivity contribution in [2.45, 2.75) is 27.3 Å². The fourth-order valence-electron chi connectivity index (χ4n) is 1.80. The summed E-state index contributed by atoms with van der Waals surface area (Å²) in [7, 11) is -2.97. The highest BCUT2D eigenvalue weighted by Crippen LogP contribution is 2.24. The third kappa shape index (κ3) is 3.99. The van der Waals surface area contributed by atoms with E-state index in [1.165, 1.54) is 0 Å². The number of aryl methyl sites for hydroxylation is 2. The molecule has 0 aliphatic carbocycles. The third-order valence-corrected chi connectivity index (χ3v) is 4.50. The number of hydrogen-bond acceptors (Lipinski definition) is 4. The van der Waals surface area contributed by atoms with Crippen molar-refractivity contribution in [3.8, 4) is 5.75 Å². The zero-order valence-corrected chi connectivity index (χ0v) is 12.0. The predicted octanol–water partition coefficient (Wildman–Crippen LogP) is 1.58. The second-order valence-electron chi connectivity index (χ2n) is 4.35. The van der Waals surface area contributed by atoms with Crippen LogP contribution in [0.15, 0.2) is 12.1 Å². The molecule has 18 heavy (non-hydrogen) atoms. The van der Waals surface area contributed by atoms with Crippen LogP contribution >= 0.6 is 0 Å². The predicted molar refractivity (Wildman–Crippen MR) is 73.6 cm³/mol. The molecule has 0 heterocycles. The standard InChI is InChI=1S/C13H21NO3S/c1-4-18(15,16)6-5-17-13-10(2)7-12(9-14)8-11(13)3/h7-8H,4-6,9,14H2,1-3H3. The Bertz CT molecular complexity index is 486. The molecule has 0 saturated carbocycles. The first kappa shape index (κ1) is 15.0. The number of benzene rings is 1. The molecule has 0 aromatic heterocycles. The molecule has 0 radical (unpaired) electrons. The van der Waals surface area contributed by atoms with E-state index in [9.17, 15) is 8.42 Å². The first-order valence-electron chi connectivity index (χ1n) is 6.03. The summed E-state index contributed by atoms with van der Waals surface area (Å²) in [5, 5.41) is 0. The molecular weight excluding hydrogens is 250 g/mol. The largest absolute Gasteiger partial charge is 0.492 e. The van der Waals surface area contributed by atoms with Crippen molar-refractivity contribution >= 4 is 9.84 Å². The number of nitrogens with two attached hydrogens (primary N) is 1. The van der Waals surface area contributed by atoms with Gasteiger partial charge in [-0.05, 0) is 30.5 Å². The summed E-state index contributed by atoms with van der Waals surface area (Å²) < 4.78 is 28.3. The van der Waals surface area contributed by atoms with Gasteiger partial charge < -0.3 is 10.5 Å². The summed E-state index contributed by atoms with van der Waals surface area (Å²) in [6.07, 6.45) is 0. The highest BCUT2D eigenvalue weighted by molar-refractivity contribution is 7.91. The number of hydrogen-bond donors (Lipinski definition) is 1. The molecule has 0 aliphatic rings. The molecule has 1 rings (SSSR count). The summed E-state index contributed by atoms with van der Waals surface area (Å²) in [6.45, 7) is 6.21. The Balaban J connectivity index is 2.74. The molecule has 1 aromatic carbocycles. The van der Waals surface area contributed by atoms with E-state index >= 15 is 0 Å². The highest BCUT2D eigenvalue weighted by Gasteiger charge is 2.10.